The zero-order valence-corrected chi connectivity index (χ0v) is 11.7. The molecule has 0 heterocycles. The van der Waals surface area contributed by atoms with E-state index in [1.165, 1.54) is 0 Å². The van der Waals surface area contributed by atoms with Gasteiger partial charge in [-0.25, -0.2) is 0 Å². The lowest BCUT2D eigenvalue weighted by molar-refractivity contribution is 0.312. The van der Waals surface area contributed by atoms with Gasteiger partial charge in [-0.2, -0.15) is 0 Å². The van der Waals surface area contributed by atoms with Crippen LogP contribution in [-0.4, -0.2) is 62.2 Å². The van der Waals surface area contributed by atoms with Gasteiger partial charge in [-0.1, -0.05) is 27.7 Å². The van der Waals surface area contributed by atoms with Crippen LogP contribution in [0.5, 0.6) is 0 Å². The van der Waals surface area contributed by atoms with Crippen molar-refractivity contribution in [3.05, 3.63) is 0 Å². The fourth-order valence-corrected chi connectivity index (χ4v) is 1.44. The van der Waals surface area contributed by atoms with Crippen LogP contribution in [-0.2, 0) is 0 Å². The second kappa shape index (κ2) is 14.8. The van der Waals surface area contributed by atoms with Crippen LogP contribution in [0, 0.1) is 0 Å². The molecule has 0 radical (unpaired) electrons. The Kier molecular flexibility index (Phi) is 16.9. The summed E-state index contributed by atoms with van der Waals surface area (Å²) in [5, 5.41) is 0. The SMILES string of the molecule is CCN(CC)CCN.CCN(CC)CCN. The van der Waals surface area contributed by atoms with Gasteiger partial charge in [0.1, 0.15) is 0 Å². The van der Waals surface area contributed by atoms with Gasteiger partial charge in [0.25, 0.3) is 0 Å². The van der Waals surface area contributed by atoms with Crippen molar-refractivity contribution >= 4 is 0 Å². The molecular formula is C12H32N4. The average molecular weight is 232 g/mol. The smallest absolute Gasteiger partial charge is 0.0104 e. The lowest BCUT2D eigenvalue weighted by Crippen LogP contribution is -2.28. The average Bonchev–Trinajstić information content (AvgIpc) is 2.33. The van der Waals surface area contributed by atoms with Crippen LogP contribution in [0.25, 0.3) is 0 Å². The van der Waals surface area contributed by atoms with E-state index in [4.69, 9.17) is 11.5 Å². The molecule has 0 unspecified atom stereocenters. The van der Waals surface area contributed by atoms with Gasteiger partial charge < -0.3 is 21.3 Å². The molecule has 4 heteroatoms. The first-order valence-corrected chi connectivity index (χ1v) is 6.54. The molecule has 100 valence electrons. The Bertz CT molecular complexity index is 97.6. The molecule has 0 aliphatic carbocycles. The molecule has 4 N–H and O–H groups in total. The van der Waals surface area contributed by atoms with Gasteiger partial charge in [0, 0.05) is 26.2 Å². The third kappa shape index (κ3) is 11.9. The first-order chi connectivity index (χ1) is 7.69. The predicted molar refractivity (Wildman–Crippen MR) is 73.7 cm³/mol. The summed E-state index contributed by atoms with van der Waals surface area (Å²) in [7, 11) is 0. The summed E-state index contributed by atoms with van der Waals surface area (Å²) in [6.45, 7) is 16.7. The van der Waals surface area contributed by atoms with Crippen LogP contribution in [0.3, 0.4) is 0 Å². The van der Waals surface area contributed by atoms with E-state index in [-0.39, 0.29) is 0 Å². The molecule has 0 aromatic carbocycles. The van der Waals surface area contributed by atoms with Crippen LogP contribution in [0.15, 0.2) is 0 Å². The first-order valence-electron chi connectivity index (χ1n) is 6.54. The Morgan fingerprint density at radius 3 is 0.938 bits per heavy atom. The van der Waals surface area contributed by atoms with Crippen LogP contribution < -0.4 is 11.5 Å². The highest BCUT2D eigenvalue weighted by Crippen LogP contribution is 1.82. The normalized spacial score (nSPS) is 10.5. The summed E-state index contributed by atoms with van der Waals surface area (Å²) in [5.74, 6) is 0. The van der Waals surface area contributed by atoms with E-state index < -0.39 is 0 Å². The van der Waals surface area contributed by atoms with Crippen LogP contribution in [0.4, 0.5) is 0 Å². The second-order valence-electron chi connectivity index (χ2n) is 3.63. The molecule has 16 heavy (non-hydrogen) atoms. The first kappa shape index (κ1) is 18.2. The molecule has 0 spiro atoms. The van der Waals surface area contributed by atoms with Crippen molar-refractivity contribution in [1.82, 2.24) is 9.80 Å². The summed E-state index contributed by atoms with van der Waals surface area (Å²) < 4.78 is 0. The van der Waals surface area contributed by atoms with Gasteiger partial charge >= 0.3 is 0 Å². The Hall–Kier alpha value is -0.160. The molecular weight excluding hydrogens is 200 g/mol. The van der Waals surface area contributed by atoms with E-state index in [0.29, 0.717) is 0 Å². The minimum absolute atomic E-state index is 0.779. The van der Waals surface area contributed by atoms with Crippen LogP contribution >= 0.6 is 0 Å². The molecule has 0 bridgehead atoms. The van der Waals surface area contributed by atoms with Crippen molar-refractivity contribution in [1.29, 1.82) is 0 Å². The Balaban J connectivity index is 0. The number of nitrogens with zero attached hydrogens (tertiary/aromatic N) is 2. The van der Waals surface area contributed by atoms with Crippen LogP contribution in [0.2, 0.25) is 0 Å². The molecule has 0 saturated carbocycles. The predicted octanol–water partition coefficient (Wildman–Crippen LogP) is 0.574. The summed E-state index contributed by atoms with van der Waals surface area (Å²) in [4.78, 5) is 4.61. The van der Waals surface area contributed by atoms with Crippen molar-refractivity contribution in [2.75, 3.05) is 52.4 Å². The second-order valence-corrected chi connectivity index (χ2v) is 3.63. The van der Waals surface area contributed by atoms with E-state index in [0.717, 1.165) is 52.4 Å². The zero-order valence-electron chi connectivity index (χ0n) is 11.7. The molecule has 4 nitrogen and oxygen atoms in total. The maximum atomic E-state index is 5.34. The van der Waals surface area contributed by atoms with Crippen LogP contribution in [0.1, 0.15) is 27.7 Å². The molecule has 0 aliphatic rings. The monoisotopic (exact) mass is 232 g/mol. The molecule has 0 aromatic heterocycles. The third-order valence-electron chi connectivity index (χ3n) is 2.68. The molecule has 0 saturated heterocycles. The van der Waals surface area contributed by atoms with Crippen molar-refractivity contribution in [2.45, 2.75) is 27.7 Å². The molecule has 0 amide bonds. The lowest BCUT2D eigenvalue weighted by Gasteiger charge is -2.15. The zero-order chi connectivity index (χ0) is 12.8. The van der Waals surface area contributed by atoms with E-state index >= 15 is 0 Å². The van der Waals surface area contributed by atoms with Crippen molar-refractivity contribution < 1.29 is 0 Å². The quantitative estimate of drug-likeness (QED) is 0.642. The van der Waals surface area contributed by atoms with E-state index in [1.54, 1.807) is 0 Å². The number of nitrogens with two attached hydrogens (primary N) is 2. The summed E-state index contributed by atoms with van der Waals surface area (Å²) in [6.07, 6.45) is 0. The minimum atomic E-state index is 0.779. The molecule has 0 rings (SSSR count). The topological polar surface area (TPSA) is 58.5 Å². The standard InChI is InChI=1S/2C6H16N2/c2*1-3-8(4-2)6-5-7/h2*3-7H2,1-2H3. The van der Waals surface area contributed by atoms with Gasteiger partial charge in [0.15, 0.2) is 0 Å². The van der Waals surface area contributed by atoms with E-state index in [1.807, 2.05) is 0 Å². The van der Waals surface area contributed by atoms with E-state index in [9.17, 15) is 0 Å². The molecule has 0 atom stereocenters. The van der Waals surface area contributed by atoms with Gasteiger partial charge in [0.2, 0.25) is 0 Å². The van der Waals surface area contributed by atoms with Gasteiger partial charge in [-0.15, -0.1) is 0 Å². The van der Waals surface area contributed by atoms with Gasteiger partial charge in [-0.3, -0.25) is 0 Å². The molecule has 0 aliphatic heterocycles. The van der Waals surface area contributed by atoms with Crippen molar-refractivity contribution in [2.24, 2.45) is 11.5 Å². The van der Waals surface area contributed by atoms with Gasteiger partial charge in [-0.05, 0) is 26.2 Å². The van der Waals surface area contributed by atoms with Crippen molar-refractivity contribution in [3.8, 4) is 0 Å². The minimum Gasteiger partial charge on any atom is -0.329 e. The number of hydrogen-bond acceptors (Lipinski definition) is 4. The highest BCUT2D eigenvalue weighted by Gasteiger charge is 1.93. The Labute approximate surface area is 102 Å². The summed E-state index contributed by atoms with van der Waals surface area (Å²) >= 11 is 0. The summed E-state index contributed by atoms with van der Waals surface area (Å²) in [5.41, 5.74) is 10.7. The number of rotatable bonds is 8. The van der Waals surface area contributed by atoms with Crippen molar-refractivity contribution in [3.63, 3.8) is 0 Å². The Morgan fingerprint density at radius 2 is 0.875 bits per heavy atom. The lowest BCUT2D eigenvalue weighted by atomic mass is 10.5. The highest BCUT2D eigenvalue weighted by atomic mass is 15.1. The highest BCUT2D eigenvalue weighted by molar-refractivity contribution is 4.50. The molecule has 0 aromatic rings. The molecule has 0 fully saturated rings. The van der Waals surface area contributed by atoms with Gasteiger partial charge in [0.05, 0.1) is 0 Å². The fourth-order valence-electron chi connectivity index (χ4n) is 1.44. The fraction of sp³-hybridized carbons (Fsp3) is 1.00. The Morgan fingerprint density at radius 1 is 0.625 bits per heavy atom. The maximum absolute atomic E-state index is 5.34. The number of hydrogen-bond donors (Lipinski definition) is 2. The third-order valence-corrected chi connectivity index (χ3v) is 2.68. The summed E-state index contributed by atoms with van der Waals surface area (Å²) in [6, 6.07) is 0. The number of likely N-dealkylation sites (N-methyl/N-ethyl adjacent to an activating group) is 2. The van der Waals surface area contributed by atoms with E-state index in [2.05, 4.69) is 37.5 Å². The maximum Gasteiger partial charge on any atom is 0.0104 e. The largest absolute Gasteiger partial charge is 0.329 e.